The normalized spacial score (nSPS) is 14.5. The van der Waals surface area contributed by atoms with E-state index in [9.17, 15) is 9.59 Å². The molecular formula is C25H34N2O7. The Morgan fingerprint density at radius 3 is 2.41 bits per heavy atom. The summed E-state index contributed by atoms with van der Waals surface area (Å²) in [5, 5.41) is 9.15. The van der Waals surface area contributed by atoms with E-state index < -0.39 is 12.0 Å². The standard InChI is InChI=1S/C18H25NO6.C7H9NO/c1-4-25-9-5-6-12-10-13(11-15(23-2)16(12)24-3)17(20)19-8-7-14(19)18(21)22;8-9-6-7-4-2-1-3-5-7/h10-11,14H,4-9H2,1-3H3,(H,21,22);1-5H,6,8H2. The van der Waals surface area contributed by atoms with Gasteiger partial charge in [0.05, 0.1) is 20.8 Å². The Labute approximate surface area is 200 Å². The Balaban J connectivity index is 0.000000379. The van der Waals surface area contributed by atoms with Crippen molar-refractivity contribution in [3.05, 3.63) is 59.2 Å². The van der Waals surface area contributed by atoms with Crippen molar-refractivity contribution in [2.24, 2.45) is 5.90 Å². The predicted octanol–water partition coefficient (Wildman–Crippen LogP) is 3.05. The first kappa shape index (κ1) is 27.1. The number of nitrogens with two attached hydrogens (primary N) is 1. The summed E-state index contributed by atoms with van der Waals surface area (Å²) >= 11 is 0. The largest absolute Gasteiger partial charge is 0.493 e. The molecule has 1 atom stereocenters. The van der Waals surface area contributed by atoms with E-state index in [0.717, 1.165) is 17.5 Å². The third-order valence-corrected chi connectivity index (χ3v) is 5.40. The minimum atomic E-state index is -0.975. The van der Waals surface area contributed by atoms with Crippen molar-refractivity contribution in [3.63, 3.8) is 0 Å². The number of aryl methyl sites for hydroxylation is 1. The number of likely N-dealkylation sites (tertiary alicyclic amines) is 1. The molecule has 0 aliphatic carbocycles. The molecule has 2 aromatic carbocycles. The zero-order valence-electron chi connectivity index (χ0n) is 20.0. The van der Waals surface area contributed by atoms with Gasteiger partial charge in [-0.3, -0.25) is 9.63 Å². The Hall–Kier alpha value is -3.14. The number of hydrogen-bond donors (Lipinski definition) is 2. The molecule has 1 unspecified atom stereocenters. The van der Waals surface area contributed by atoms with Crippen LogP contribution in [-0.2, 0) is 27.4 Å². The molecule has 1 aliphatic heterocycles. The minimum Gasteiger partial charge on any atom is -0.493 e. The van der Waals surface area contributed by atoms with Crippen molar-refractivity contribution in [3.8, 4) is 11.5 Å². The summed E-state index contributed by atoms with van der Waals surface area (Å²) < 4.78 is 16.1. The summed E-state index contributed by atoms with van der Waals surface area (Å²) in [5.74, 6) is 4.64. The smallest absolute Gasteiger partial charge is 0.326 e. The zero-order valence-corrected chi connectivity index (χ0v) is 20.0. The predicted molar refractivity (Wildman–Crippen MR) is 127 cm³/mol. The lowest BCUT2D eigenvalue weighted by Gasteiger charge is -2.38. The molecular weight excluding hydrogens is 440 g/mol. The highest BCUT2D eigenvalue weighted by Gasteiger charge is 2.38. The fourth-order valence-corrected chi connectivity index (χ4v) is 3.58. The molecule has 1 saturated heterocycles. The van der Waals surface area contributed by atoms with Crippen LogP contribution in [0.5, 0.6) is 11.5 Å². The van der Waals surface area contributed by atoms with Crippen LogP contribution >= 0.6 is 0 Å². The van der Waals surface area contributed by atoms with Crippen LogP contribution in [0.4, 0.5) is 0 Å². The Morgan fingerprint density at radius 1 is 1.15 bits per heavy atom. The maximum absolute atomic E-state index is 12.7. The van der Waals surface area contributed by atoms with Gasteiger partial charge < -0.3 is 24.2 Å². The fraction of sp³-hybridized carbons (Fsp3) is 0.440. The molecule has 3 N–H and O–H groups in total. The van der Waals surface area contributed by atoms with E-state index in [2.05, 4.69) is 4.84 Å². The molecule has 1 heterocycles. The number of carbonyl (C=O) groups is 2. The van der Waals surface area contributed by atoms with Gasteiger partial charge >= 0.3 is 5.97 Å². The van der Waals surface area contributed by atoms with Crippen LogP contribution in [0.1, 0.15) is 41.3 Å². The van der Waals surface area contributed by atoms with Gasteiger partial charge in [-0.2, -0.15) is 0 Å². The maximum Gasteiger partial charge on any atom is 0.326 e. The van der Waals surface area contributed by atoms with Crippen molar-refractivity contribution in [1.29, 1.82) is 0 Å². The van der Waals surface area contributed by atoms with Crippen molar-refractivity contribution in [1.82, 2.24) is 4.90 Å². The molecule has 0 spiro atoms. The molecule has 0 aromatic heterocycles. The van der Waals surface area contributed by atoms with E-state index in [1.54, 1.807) is 19.2 Å². The number of amides is 1. The van der Waals surface area contributed by atoms with Crippen LogP contribution in [0.25, 0.3) is 0 Å². The number of ether oxygens (including phenoxy) is 3. The van der Waals surface area contributed by atoms with Crippen LogP contribution in [-0.4, -0.2) is 61.9 Å². The highest BCUT2D eigenvalue weighted by atomic mass is 16.6. The summed E-state index contributed by atoms with van der Waals surface area (Å²) in [4.78, 5) is 29.6. The fourth-order valence-electron chi connectivity index (χ4n) is 3.58. The summed E-state index contributed by atoms with van der Waals surface area (Å²) in [6, 6.07) is 12.4. The average Bonchev–Trinajstić information content (AvgIpc) is 2.81. The summed E-state index contributed by atoms with van der Waals surface area (Å²) in [5.41, 5.74) is 2.35. The summed E-state index contributed by atoms with van der Waals surface area (Å²) in [6.07, 6.45) is 1.94. The van der Waals surface area contributed by atoms with Crippen molar-refractivity contribution in [2.45, 2.75) is 38.8 Å². The maximum atomic E-state index is 12.7. The number of carboxylic acid groups (broad SMARTS) is 1. The van der Waals surface area contributed by atoms with Gasteiger partial charge in [0, 0.05) is 25.3 Å². The Bertz CT molecular complexity index is 921. The van der Waals surface area contributed by atoms with Crippen LogP contribution in [0.15, 0.2) is 42.5 Å². The number of carboxylic acids is 1. The lowest BCUT2D eigenvalue weighted by molar-refractivity contribution is -0.146. The van der Waals surface area contributed by atoms with Gasteiger partial charge in [0.25, 0.3) is 5.91 Å². The molecule has 1 amide bonds. The van der Waals surface area contributed by atoms with Gasteiger partial charge in [-0.15, -0.1) is 0 Å². The second-order valence-corrected chi connectivity index (χ2v) is 7.61. The first-order chi connectivity index (χ1) is 16.5. The SMILES string of the molecule is CCOCCCc1cc(C(=O)N2CCC2C(=O)O)cc(OC)c1OC.NOCc1ccccc1. The van der Waals surface area contributed by atoms with Gasteiger partial charge in [0.2, 0.25) is 0 Å². The number of rotatable bonds is 11. The van der Waals surface area contributed by atoms with E-state index in [-0.39, 0.29) is 5.91 Å². The molecule has 1 fully saturated rings. The number of nitrogens with zero attached hydrogens (tertiary/aromatic N) is 1. The van der Waals surface area contributed by atoms with E-state index in [1.165, 1.54) is 12.0 Å². The molecule has 0 bridgehead atoms. The topological polar surface area (TPSA) is 121 Å². The Kier molecular flexibility index (Phi) is 11.3. The molecule has 0 saturated carbocycles. The van der Waals surface area contributed by atoms with E-state index in [4.69, 9.17) is 25.2 Å². The number of benzene rings is 2. The molecule has 0 radical (unpaired) electrons. The molecule has 3 rings (SSSR count). The second kappa shape index (κ2) is 14.2. The quantitative estimate of drug-likeness (QED) is 0.377. The lowest BCUT2D eigenvalue weighted by atomic mass is 9.99. The molecule has 9 heteroatoms. The van der Waals surface area contributed by atoms with Crippen LogP contribution in [0, 0.1) is 0 Å². The highest BCUT2D eigenvalue weighted by Crippen LogP contribution is 2.34. The average molecular weight is 475 g/mol. The third kappa shape index (κ3) is 7.44. The van der Waals surface area contributed by atoms with Crippen LogP contribution in [0.2, 0.25) is 0 Å². The van der Waals surface area contributed by atoms with Crippen LogP contribution < -0.4 is 15.4 Å². The molecule has 1 aliphatic rings. The lowest BCUT2D eigenvalue weighted by Crippen LogP contribution is -2.55. The first-order valence-electron chi connectivity index (χ1n) is 11.2. The van der Waals surface area contributed by atoms with Crippen molar-refractivity contribution < 1.29 is 33.7 Å². The second-order valence-electron chi connectivity index (χ2n) is 7.61. The van der Waals surface area contributed by atoms with E-state index in [1.807, 2.05) is 37.3 Å². The third-order valence-electron chi connectivity index (χ3n) is 5.40. The summed E-state index contributed by atoms with van der Waals surface area (Å²) in [6.45, 7) is 4.15. The molecule has 2 aromatic rings. The number of carbonyl (C=O) groups excluding carboxylic acids is 1. The van der Waals surface area contributed by atoms with Crippen molar-refractivity contribution in [2.75, 3.05) is 34.0 Å². The van der Waals surface area contributed by atoms with Crippen molar-refractivity contribution >= 4 is 11.9 Å². The van der Waals surface area contributed by atoms with E-state index in [0.29, 0.717) is 56.3 Å². The number of hydrogen-bond acceptors (Lipinski definition) is 7. The molecule has 9 nitrogen and oxygen atoms in total. The number of aliphatic carboxylic acids is 1. The van der Waals surface area contributed by atoms with Gasteiger partial charge in [0.15, 0.2) is 11.5 Å². The van der Waals surface area contributed by atoms with Gasteiger partial charge in [-0.1, -0.05) is 30.3 Å². The van der Waals surface area contributed by atoms with Gasteiger partial charge in [0.1, 0.15) is 6.04 Å². The Morgan fingerprint density at radius 2 is 1.88 bits per heavy atom. The van der Waals surface area contributed by atoms with Crippen LogP contribution in [0.3, 0.4) is 0 Å². The molecule has 186 valence electrons. The number of methoxy groups -OCH3 is 2. The summed E-state index contributed by atoms with van der Waals surface area (Å²) in [7, 11) is 3.07. The molecule has 34 heavy (non-hydrogen) atoms. The van der Waals surface area contributed by atoms with Gasteiger partial charge in [-0.05, 0) is 49.4 Å². The van der Waals surface area contributed by atoms with Gasteiger partial charge in [-0.25, -0.2) is 10.7 Å². The first-order valence-corrected chi connectivity index (χ1v) is 11.2. The zero-order chi connectivity index (χ0) is 24.9. The minimum absolute atomic E-state index is 0.300. The monoisotopic (exact) mass is 474 g/mol. The van der Waals surface area contributed by atoms with E-state index >= 15 is 0 Å². The highest BCUT2D eigenvalue weighted by molar-refractivity contribution is 5.98.